The molecule has 5 nitrogen and oxygen atoms in total. The van der Waals surface area contributed by atoms with Gasteiger partial charge in [0.1, 0.15) is 5.60 Å². The molecule has 0 spiro atoms. The van der Waals surface area contributed by atoms with Crippen LogP contribution in [0.4, 0.5) is 4.79 Å². The van der Waals surface area contributed by atoms with Crippen LogP contribution in [0, 0.1) is 6.92 Å². The molecule has 126 valence electrons. The van der Waals surface area contributed by atoms with E-state index in [1.165, 1.54) is 0 Å². The minimum absolute atomic E-state index is 0.0145. The van der Waals surface area contributed by atoms with Crippen LogP contribution in [0.1, 0.15) is 49.5 Å². The standard InChI is InChI=1S/C18H26N2O3/c1-13-7-9-14(10-8-13)16(21)20-11-5-6-15(12-20)19-17(22)23-18(2,3)4/h7-10,15H,5-6,11-12H2,1-4H3,(H,19,22). The Morgan fingerprint density at radius 2 is 1.87 bits per heavy atom. The van der Waals surface area contributed by atoms with Crippen molar-refractivity contribution in [2.45, 2.75) is 52.2 Å². The molecule has 1 fully saturated rings. The molecule has 1 heterocycles. The van der Waals surface area contributed by atoms with Gasteiger partial charge in [0.05, 0.1) is 0 Å². The lowest BCUT2D eigenvalue weighted by Crippen LogP contribution is -2.50. The van der Waals surface area contributed by atoms with E-state index in [0.29, 0.717) is 12.1 Å². The molecule has 2 rings (SSSR count). The van der Waals surface area contributed by atoms with Crippen molar-refractivity contribution in [2.24, 2.45) is 0 Å². The highest BCUT2D eigenvalue weighted by Gasteiger charge is 2.27. The second-order valence-electron chi connectivity index (χ2n) is 7.10. The van der Waals surface area contributed by atoms with Crippen molar-refractivity contribution < 1.29 is 14.3 Å². The molecule has 1 atom stereocenters. The monoisotopic (exact) mass is 318 g/mol. The van der Waals surface area contributed by atoms with Crippen molar-refractivity contribution in [1.29, 1.82) is 0 Å². The van der Waals surface area contributed by atoms with Crippen LogP contribution >= 0.6 is 0 Å². The molecule has 5 heteroatoms. The molecule has 0 aromatic heterocycles. The van der Waals surface area contributed by atoms with E-state index < -0.39 is 11.7 Å². The molecule has 1 unspecified atom stereocenters. The Kier molecular flexibility index (Phi) is 5.29. The van der Waals surface area contributed by atoms with Gasteiger partial charge in [-0.15, -0.1) is 0 Å². The number of carbonyl (C=O) groups excluding carboxylic acids is 2. The number of hydrogen-bond donors (Lipinski definition) is 1. The summed E-state index contributed by atoms with van der Waals surface area (Å²) in [5.74, 6) is 0.0145. The van der Waals surface area contributed by atoms with Crippen molar-refractivity contribution in [3.05, 3.63) is 35.4 Å². The fourth-order valence-corrected chi connectivity index (χ4v) is 2.63. The quantitative estimate of drug-likeness (QED) is 0.911. The molecule has 1 aromatic carbocycles. The summed E-state index contributed by atoms with van der Waals surface area (Å²) in [4.78, 5) is 26.2. The summed E-state index contributed by atoms with van der Waals surface area (Å²) in [6.07, 6.45) is 1.31. The molecule has 1 aliphatic rings. The summed E-state index contributed by atoms with van der Waals surface area (Å²) in [6.45, 7) is 8.74. The first-order chi connectivity index (χ1) is 10.7. The third-order valence-electron chi connectivity index (χ3n) is 3.73. The Bertz CT molecular complexity index is 561. The van der Waals surface area contributed by atoms with Crippen LogP contribution in [0.15, 0.2) is 24.3 Å². The number of amides is 2. The van der Waals surface area contributed by atoms with Crippen LogP contribution in [-0.4, -0.2) is 41.6 Å². The van der Waals surface area contributed by atoms with Crippen molar-refractivity contribution in [1.82, 2.24) is 10.2 Å². The van der Waals surface area contributed by atoms with Gasteiger partial charge >= 0.3 is 6.09 Å². The first kappa shape index (κ1) is 17.3. The first-order valence-electron chi connectivity index (χ1n) is 8.10. The van der Waals surface area contributed by atoms with Crippen molar-refractivity contribution in [3.63, 3.8) is 0 Å². The number of piperidine rings is 1. The molecule has 0 radical (unpaired) electrons. The summed E-state index contributed by atoms with van der Waals surface area (Å²) < 4.78 is 5.28. The SMILES string of the molecule is Cc1ccc(C(=O)N2CCCC(NC(=O)OC(C)(C)C)C2)cc1. The maximum Gasteiger partial charge on any atom is 0.407 e. The number of likely N-dealkylation sites (tertiary alicyclic amines) is 1. The van der Waals surface area contributed by atoms with E-state index in [4.69, 9.17) is 4.74 Å². The third kappa shape index (κ3) is 5.27. The zero-order valence-electron chi connectivity index (χ0n) is 14.4. The van der Waals surface area contributed by atoms with E-state index in [0.717, 1.165) is 24.9 Å². The largest absolute Gasteiger partial charge is 0.444 e. The number of ether oxygens (including phenoxy) is 1. The molecular weight excluding hydrogens is 292 g/mol. The molecule has 23 heavy (non-hydrogen) atoms. The molecule has 0 saturated carbocycles. The maximum absolute atomic E-state index is 12.6. The predicted octanol–water partition coefficient (Wildman–Crippen LogP) is 3.12. The number of aryl methyl sites for hydroxylation is 1. The molecule has 0 bridgehead atoms. The van der Waals surface area contributed by atoms with Gasteiger partial charge in [0.15, 0.2) is 0 Å². The predicted molar refractivity (Wildman–Crippen MR) is 89.5 cm³/mol. The average molecular weight is 318 g/mol. The average Bonchev–Trinajstić information content (AvgIpc) is 2.45. The first-order valence-corrected chi connectivity index (χ1v) is 8.10. The Morgan fingerprint density at radius 1 is 1.22 bits per heavy atom. The van der Waals surface area contributed by atoms with E-state index in [1.54, 1.807) is 4.90 Å². The van der Waals surface area contributed by atoms with E-state index in [2.05, 4.69) is 5.32 Å². The Hall–Kier alpha value is -2.04. The van der Waals surface area contributed by atoms with Crippen LogP contribution in [0.25, 0.3) is 0 Å². The second kappa shape index (κ2) is 7.02. The zero-order valence-corrected chi connectivity index (χ0v) is 14.4. The van der Waals surface area contributed by atoms with Crippen LogP contribution in [0.5, 0.6) is 0 Å². The minimum atomic E-state index is -0.518. The smallest absolute Gasteiger partial charge is 0.407 e. The number of benzene rings is 1. The minimum Gasteiger partial charge on any atom is -0.444 e. The van der Waals surface area contributed by atoms with Gasteiger partial charge in [-0.1, -0.05) is 17.7 Å². The summed E-state index contributed by atoms with van der Waals surface area (Å²) in [7, 11) is 0. The second-order valence-corrected chi connectivity index (χ2v) is 7.10. The topological polar surface area (TPSA) is 58.6 Å². The van der Waals surface area contributed by atoms with Crippen LogP contribution < -0.4 is 5.32 Å². The Labute approximate surface area is 138 Å². The van der Waals surface area contributed by atoms with E-state index in [-0.39, 0.29) is 11.9 Å². The molecule has 0 aliphatic carbocycles. The summed E-state index contributed by atoms with van der Waals surface area (Å²) in [5.41, 5.74) is 1.30. The number of rotatable bonds is 2. The lowest BCUT2D eigenvalue weighted by atomic mass is 10.0. The van der Waals surface area contributed by atoms with Gasteiger partial charge in [-0.25, -0.2) is 4.79 Å². The van der Waals surface area contributed by atoms with Crippen LogP contribution in [-0.2, 0) is 4.74 Å². The highest BCUT2D eigenvalue weighted by atomic mass is 16.6. The highest BCUT2D eigenvalue weighted by molar-refractivity contribution is 5.94. The molecule has 1 N–H and O–H groups in total. The normalized spacial score (nSPS) is 18.4. The highest BCUT2D eigenvalue weighted by Crippen LogP contribution is 2.15. The zero-order chi connectivity index (χ0) is 17.0. The molecule has 1 aliphatic heterocycles. The van der Waals surface area contributed by atoms with Crippen molar-refractivity contribution >= 4 is 12.0 Å². The number of alkyl carbamates (subject to hydrolysis) is 1. The molecule has 1 saturated heterocycles. The summed E-state index contributed by atoms with van der Waals surface area (Å²) >= 11 is 0. The Morgan fingerprint density at radius 3 is 2.48 bits per heavy atom. The van der Waals surface area contributed by atoms with Gasteiger partial charge in [0.2, 0.25) is 0 Å². The van der Waals surface area contributed by atoms with Crippen LogP contribution in [0.3, 0.4) is 0 Å². The van der Waals surface area contributed by atoms with Gasteiger partial charge < -0.3 is 15.0 Å². The van der Waals surface area contributed by atoms with Crippen molar-refractivity contribution in [3.8, 4) is 0 Å². The van der Waals surface area contributed by atoms with Gasteiger partial charge in [-0.3, -0.25) is 4.79 Å². The number of carbonyl (C=O) groups is 2. The molecule has 2 amide bonds. The lowest BCUT2D eigenvalue weighted by Gasteiger charge is -2.33. The number of nitrogens with one attached hydrogen (secondary N) is 1. The maximum atomic E-state index is 12.6. The molecular formula is C18H26N2O3. The van der Waals surface area contributed by atoms with E-state index in [1.807, 2.05) is 52.0 Å². The van der Waals surface area contributed by atoms with Crippen LogP contribution in [0.2, 0.25) is 0 Å². The Balaban J connectivity index is 1.94. The lowest BCUT2D eigenvalue weighted by molar-refractivity contribution is 0.0452. The summed E-state index contributed by atoms with van der Waals surface area (Å²) in [5, 5.41) is 2.87. The molecule has 1 aromatic rings. The third-order valence-corrected chi connectivity index (χ3v) is 3.73. The van der Waals surface area contributed by atoms with Gasteiger partial charge in [-0.05, 0) is 52.7 Å². The van der Waals surface area contributed by atoms with Gasteiger partial charge in [-0.2, -0.15) is 0 Å². The summed E-state index contributed by atoms with van der Waals surface area (Å²) in [6, 6.07) is 7.51. The number of hydrogen-bond acceptors (Lipinski definition) is 3. The van der Waals surface area contributed by atoms with E-state index >= 15 is 0 Å². The fraction of sp³-hybridized carbons (Fsp3) is 0.556. The number of nitrogens with zero attached hydrogens (tertiary/aromatic N) is 1. The van der Waals surface area contributed by atoms with Gasteiger partial charge in [0.25, 0.3) is 5.91 Å². The van der Waals surface area contributed by atoms with E-state index in [9.17, 15) is 9.59 Å². The van der Waals surface area contributed by atoms with Gasteiger partial charge in [0, 0.05) is 24.7 Å². The fourth-order valence-electron chi connectivity index (χ4n) is 2.63. The van der Waals surface area contributed by atoms with Crippen molar-refractivity contribution in [2.75, 3.05) is 13.1 Å².